The summed E-state index contributed by atoms with van der Waals surface area (Å²) in [6, 6.07) is 0. The van der Waals surface area contributed by atoms with Gasteiger partial charge in [-0.1, -0.05) is 5.16 Å². The summed E-state index contributed by atoms with van der Waals surface area (Å²) in [4.78, 5) is 14.9. The van der Waals surface area contributed by atoms with Gasteiger partial charge in [0, 0.05) is 7.11 Å². The largest absolute Gasteiger partial charge is 0.377 e. The Morgan fingerprint density at radius 2 is 2.15 bits per heavy atom. The molecule has 0 aliphatic rings. The van der Waals surface area contributed by atoms with Gasteiger partial charge in [0.1, 0.15) is 19.8 Å². The number of hydrogen-bond donors (Lipinski definition) is 0. The maximum atomic E-state index is 12.5. The zero-order chi connectivity index (χ0) is 15.2. The summed E-state index contributed by atoms with van der Waals surface area (Å²) in [5, 5.41) is 3.36. The molecule has 0 bridgehead atoms. The van der Waals surface area contributed by atoms with Crippen LogP contribution in [0.5, 0.6) is 0 Å². The van der Waals surface area contributed by atoms with E-state index in [1.54, 1.807) is 0 Å². The smallest absolute Gasteiger partial charge is 0.330 e. The number of alkyl halides is 4. The van der Waals surface area contributed by atoms with Crippen molar-refractivity contribution in [2.75, 3.05) is 20.3 Å². The number of nitrogens with zero attached hydrogens (tertiary/aromatic N) is 2. The molecular formula is C10H12F4N2O4. The molecule has 0 saturated heterocycles. The van der Waals surface area contributed by atoms with Gasteiger partial charge in [0.2, 0.25) is 5.89 Å². The lowest BCUT2D eigenvalue weighted by Gasteiger charge is -2.14. The molecule has 10 heteroatoms. The first-order valence-corrected chi connectivity index (χ1v) is 5.41. The third kappa shape index (κ3) is 5.21. The molecule has 0 aliphatic carbocycles. The minimum absolute atomic E-state index is 0.0359. The zero-order valence-electron chi connectivity index (χ0n) is 10.4. The van der Waals surface area contributed by atoms with Gasteiger partial charge >= 0.3 is 12.3 Å². The molecule has 0 saturated carbocycles. The van der Waals surface area contributed by atoms with E-state index in [2.05, 4.69) is 24.1 Å². The van der Waals surface area contributed by atoms with Crippen LogP contribution in [0.25, 0.3) is 0 Å². The van der Waals surface area contributed by atoms with Crippen molar-refractivity contribution in [3.63, 3.8) is 0 Å². The van der Waals surface area contributed by atoms with Gasteiger partial charge in [-0.15, -0.1) is 0 Å². The summed E-state index contributed by atoms with van der Waals surface area (Å²) < 4.78 is 62.3. The quantitative estimate of drug-likeness (QED) is 0.639. The fourth-order valence-electron chi connectivity index (χ4n) is 1.14. The fourth-order valence-corrected chi connectivity index (χ4v) is 1.14. The molecule has 1 rings (SSSR count). The number of carbonyl (C=O) groups excluding carboxylic acids is 1. The maximum absolute atomic E-state index is 12.5. The highest BCUT2D eigenvalue weighted by Gasteiger charge is 2.41. The van der Waals surface area contributed by atoms with E-state index >= 15 is 0 Å². The standard InChI is InChI=1S/C10H12F4N2O4/c1-18-3-6(17)2-8-15-7(16-20-8)4-19-5-10(13,14)9(11)12/h9H,2-5H2,1H3. The van der Waals surface area contributed by atoms with Crippen molar-refractivity contribution in [2.45, 2.75) is 25.4 Å². The molecule has 114 valence electrons. The van der Waals surface area contributed by atoms with Crippen LogP contribution in [-0.4, -0.2) is 48.6 Å². The van der Waals surface area contributed by atoms with Crippen LogP contribution in [-0.2, 0) is 27.3 Å². The summed E-state index contributed by atoms with van der Waals surface area (Å²) in [6.45, 7) is -2.11. The highest BCUT2D eigenvalue weighted by atomic mass is 19.3. The Morgan fingerprint density at radius 1 is 1.45 bits per heavy atom. The normalized spacial score (nSPS) is 12.1. The van der Waals surface area contributed by atoms with Gasteiger partial charge in [0.05, 0.1) is 6.42 Å². The van der Waals surface area contributed by atoms with Gasteiger partial charge in [0.25, 0.3) is 0 Å². The Labute approximate surface area is 111 Å². The number of Topliss-reactive ketones (excluding diaryl/α,β-unsaturated/α-hetero) is 1. The average molecular weight is 300 g/mol. The number of aromatic nitrogens is 2. The lowest BCUT2D eigenvalue weighted by Crippen LogP contribution is -2.32. The topological polar surface area (TPSA) is 74.5 Å². The summed E-state index contributed by atoms with van der Waals surface area (Å²) in [5.74, 6) is -4.70. The van der Waals surface area contributed by atoms with Crippen molar-refractivity contribution in [2.24, 2.45) is 0 Å². The minimum Gasteiger partial charge on any atom is -0.377 e. The Balaban J connectivity index is 2.39. The van der Waals surface area contributed by atoms with Gasteiger partial charge in [-0.25, -0.2) is 8.78 Å². The van der Waals surface area contributed by atoms with Crippen LogP contribution in [0.1, 0.15) is 11.7 Å². The maximum Gasteiger partial charge on any atom is 0.330 e. The molecule has 20 heavy (non-hydrogen) atoms. The van der Waals surface area contributed by atoms with Crippen molar-refractivity contribution in [3.05, 3.63) is 11.7 Å². The van der Waals surface area contributed by atoms with Crippen LogP contribution in [0.4, 0.5) is 17.6 Å². The van der Waals surface area contributed by atoms with Crippen LogP contribution >= 0.6 is 0 Å². The van der Waals surface area contributed by atoms with Crippen LogP contribution in [0.15, 0.2) is 4.52 Å². The molecule has 0 spiro atoms. The number of halogens is 4. The monoisotopic (exact) mass is 300 g/mol. The lowest BCUT2D eigenvalue weighted by atomic mass is 10.3. The number of ketones is 1. The number of methoxy groups -OCH3 is 1. The van der Waals surface area contributed by atoms with E-state index in [9.17, 15) is 22.4 Å². The predicted molar refractivity (Wildman–Crippen MR) is 55.5 cm³/mol. The van der Waals surface area contributed by atoms with E-state index < -0.39 is 25.6 Å². The van der Waals surface area contributed by atoms with E-state index in [0.29, 0.717) is 0 Å². The SMILES string of the molecule is COCC(=O)Cc1nc(COCC(F)(F)C(F)F)no1. The molecule has 6 nitrogen and oxygen atoms in total. The van der Waals surface area contributed by atoms with Crippen LogP contribution < -0.4 is 0 Å². The molecule has 0 amide bonds. The first kappa shape index (κ1) is 16.5. The average Bonchev–Trinajstić information content (AvgIpc) is 2.76. The van der Waals surface area contributed by atoms with Crippen molar-refractivity contribution in [3.8, 4) is 0 Å². The summed E-state index contributed by atoms with van der Waals surface area (Å²) in [5.41, 5.74) is 0. The summed E-state index contributed by atoms with van der Waals surface area (Å²) >= 11 is 0. The van der Waals surface area contributed by atoms with Crippen molar-refractivity contribution in [1.29, 1.82) is 0 Å². The molecular weight excluding hydrogens is 288 g/mol. The molecule has 1 aromatic heterocycles. The van der Waals surface area contributed by atoms with Crippen LogP contribution in [0.3, 0.4) is 0 Å². The lowest BCUT2D eigenvalue weighted by molar-refractivity contribution is -0.168. The number of rotatable bonds is 9. The Hall–Kier alpha value is -1.55. The number of ether oxygens (including phenoxy) is 2. The number of carbonyl (C=O) groups is 1. The zero-order valence-corrected chi connectivity index (χ0v) is 10.4. The third-order valence-corrected chi connectivity index (χ3v) is 2.01. The van der Waals surface area contributed by atoms with Crippen LogP contribution in [0.2, 0.25) is 0 Å². The molecule has 0 atom stereocenters. The molecule has 0 aliphatic heterocycles. The van der Waals surface area contributed by atoms with Crippen LogP contribution in [0, 0.1) is 0 Å². The number of hydrogen-bond acceptors (Lipinski definition) is 6. The van der Waals surface area contributed by atoms with Crippen molar-refractivity contribution >= 4 is 5.78 Å². The molecule has 0 N–H and O–H groups in total. The second-order valence-corrected chi connectivity index (χ2v) is 3.81. The van der Waals surface area contributed by atoms with Gasteiger partial charge in [0.15, 0.2) is 11.6 Å². The molecule has 1 aromatic rings. The molecule has 0 unspecified atom stereocenters. The highest BCUT2D eigenvalue weighted by Crippen LogP contribution is 2.23. The van der Waals surface area contributed by atoms with Crippen molar-refractivity contribution < 1.29 is 36.4 Å². The second-order valence-electron chi connectivity index (χ2n) is 3.81. The van der Waals surface area contributed by atoms with Crippen molar-refractivity contribution in [1.82, 2.24) is 10.1 Å². The Kier molecular flexibility index (Phi) is 6.02. The highest BCUT2D eigenvalue weighted by molar-refractivity contribution is 5.81. The second kappa shape index (κ2) is 7.29. The summed E-state index contributed by atoms with van der Waals surface area (Å²) in [6.07, 6.45) is -3.98. The first-order valence-electron chi connectivity index (χ1n) is 5.41. The Bertz CT molecular complexity index is 439. The van der Waals surface area contributed by atoms with Gasteiger partial charge < -0.3 is 14.0 Å². The first-order chi connectivity index (χ1) is 9.35. The molecule has 0 aromatic carbocycles. The molecule has 0 fully saturated rings. The van der Waals surface area contributed by atoms with Gasteiger partial charge in [-0.05, 0) is 0 Å². The third-order valence-electron chi connectivity index (χ3n) is 2.01. The van der Waals surface area contributed by atoms with E-state index in [4.69, 9.17) is 0 Å². The minimum atomic E-state index is -4.24. The van der Waals surface area contributed by atoms with E-state index in [0.717, 1.165) is 0 Å². The molecule has 1 heterocycles. The van der Waals surface area contributed by atoms with E-state index in [1.165, 1.54) is 7.11 Å². The van der Waals surface area contributed by atoms with Gasteiger partial charge in [-0.2, -0.15) is 13.8 Å². The predicted octanol–water partition coefficient (Wildman–Crippen LogP) is 1.24. The molecule has 0 radical (unpaired) electrons. The Morgan fingerprint density at radius 3 is 2.75 bits per heavy atom. The fraction of sp³-hybridized carbons (Fsp3) is 0.700. The summed E-state index contributed by atoms with van der Waals surface area (Å²) in [7, 11) is 1.34. The van der Waals surface area contributed by atoms with E-state index in [1.807, 2.05) is 0 Å². The van der Waals surface area contributed by atoms with E-state index in [-0.39, 0.29) is 30.5 Å². The van der Waals surface area contributed by atoms with Gasteiger partial charge in [-0.3, -0.25) is 4.79 Å².